The maximum atomic E-state index is 5.01. The lowest BCUT2D eigenvalue weighted by molar-refractivity contribution is 0.129. The first-order valence-corrected chi connectivity index (χ1v) is 8.06. The van der Waals surface area contributed by atoms with E-state index in [0.717, 1.165) is 12.1 Å². The predicted octanol–water partition coefficient (Wildman–Crippen LogP) is 3.84. The van der Waals surface area contributed by atoms with Gasteiger partial charge < -0.3 is 0 Å². The number of nitrogens with one attached hydrogen (secondary N) is 1. The molecule has 3 nitrogen and oxygen atoms in total. The number of rotatable bonds is 6. The van der Waals surface area contributed by atoms with Gasteiger partial charge in [0.15, 0.2) is 0 Å². The minimum atomic E-state index is 1.05. The van der Waals surface area contributed by atoms with Crippen molar-refractivity contribution in [2.45, 2.75) is 33.6 Å². The number of allylic oxidation sites excluding steroid dienone is 2. The molecule has 0 unspecified atom stereocenters. The lowest BCUT2D eigenvalue weighted by Crippen LogP contribution is -2.21. The van der Waals surface area contributed by atoms with Crippen LogP contribution in [0.15, 0.2) is 36.0 Å². The average molecular weight is 300 g/mol. The van der Waals surface area contributed by atoms with Crippen molar-refractivity contribution in [1.29, 1.82) is 0 Å². The molecule has 120 valence electrons. The molecule has 0 amide bonds. The van der Waals surface area contributed by atoms with Crippen LogP contribution in [0.5, 0.6) is 0 Å². The first-order valence-electron chi connectivity index (χ1n) is 8.06. The molecule has 0 saturated carbocycles. The van der Waals surface area contributed by atoms with Crippen molar-refractivity contribution >= 4 is 5.57 Å². The Labute approximate surface area is 134 Å². The van der Waals surface area contributed by atoms with Gasteiger partial charge in [0.2, 0.25) is 0 Å². The topological polar surface area (TPSA) is 24.5 Å². The third-order valence-electron chi connectivity index (χ3n) is 4.10. The number of benzene rings is 1. The fraction of sp³-hybridized carbons (Fsp3) is 0.474. The molecular formula is C19H28N2O. The van der Waals surface area contributed by atoms with Gasteiger partial charge in [-0.1, -0.05) is 35.4 Å². The largest absolute Gasteiger partial charge is 0.299 e. The van der Waals surface area contributed by atoms with Crippen LogP contribution in [0, 0.1) is 13.8 Å². The summed E-state index contributed by atoms with van der Waals surface area (Å²) in [6, 6.07) is 6.57. The molecule has 2 rings (SSSR count). The lowest BCUT2D eigenvalue weighted by atomic mass is 9.97. The summed E-state index contributed by atoms with van der Waals surface area (Å²) in [5.74, 6) is 0. The van der Waals surface area contributed by atoms with E-state index in [-0.39, 0.29) is 0 Å². The van der Waals surface area contributed by atoms with E-state index < -0.39 is 0 Å². The van der Waals surface area contributed by atoms with Crippen LogP contribution >= 0.6 is 0 Å². The molecule has 1 aromatic carbocycles. The third-order valence-corrected chi connectivity index (χ3v) is 4.10. The van der Waals surface area contributed by atoms with Crippen LogP contribution < -0.4 is 5.48 Å². The van der Waals surface area contributed by atoms with E-state index in [1.807, 2.05) is 6.20 Å². The van der Waals surface area contributed by atoms with Gasteiger partial charge >= 0.3 is 0 Å². The van der Waals surface area contributed by atoms with E-state index in [9.17, 15) is 0 Å². The molecule has 1 fully saturated rings. The SMILES string of the molecule is CON/C=C(\C=C(/C)CN1CCCC1)c1ccc(C)cc1C. The summed E-state index contributed by atoms with van der Waals surface area (Å²) in [5, 5.41) is 0. The second-order valence-electron chi connectivity index (χ2n) is 6.21. The van der Waals surface area contributed by atoms with E-state index in [0.29, 0.717) is 0 Å². The van der Waals surface area contributed by atoms with Crippen LogP contribution in [0.2, 0.25) is 0 Å². The maximum absolute atomic E-state index is 5.01. The number of hydrogen-bond donors (Lipinski definition) is 1. The normalized spacial score (nSPS) is 17.1. The highest BCUT2D eigenvalue weighted by Crippen LogP contribution is 2.22. The van der Waals surface area contributed by atoms with E-state index >= 15 is 0 Å². The smallest absolute Gasteiger partial charge is 0.0636 e. The first-order chi connectivity index (χ1) is 10.6. The Kier molecular flexibility index (Phi) is 6.22. The molecule has 3 heteroatoms. The summed E-state index contributed by atoms with van der Waals surface area (Å²) in [5.41, 5.74) is 9.23. The average Bonchev–Trinajstić information content (AvgIpc) is 2.96. The molecule has 1 heterocycles. The van der Waals surface area contributed by atoms with Crippen LogP contribution in [-0.4, -0.2) is 31.6 Å². The lowest BCUT2D eigenvalue weighted by Gasteiger charge is -2.16. The molecule has 0 aromatic heterocycles. The first kappa shape index (κ1) is 16.8. The van der Waals surface area contributed by atoms with Gasteiger partial charge in [-0.3, -0.25) is 15.2 Å². The summed E-state index contributed by atoms with van der Waals surface area (Å²) in [6.45, 7) is 10.0. The van der Waals surface area contributed by atoms with Crippen LogP contribution in [-0.2, 0) is 4.84 Å². The summed E-state index contributed by atoms with van der Waals surface area (Å²) in [6.07, 6.45) is 6.86. The Morgan fingerprint density at radius 1 is 1.27 bits per heavy atom. The molecule has 0 aliphatic carbocycles. The van der Waals surface area contributed by atoms with Crippen molar-refractivity contribution in [3.05, 3.63) is 52.7 Å². The zero-order valence-electron chi connectivity index (χ0n) is 14.3. The molecule has 1 N–H and O–H groups in total. The Hall–Kier alpha value is -1.58. The highest BCUT2D eigenvalue weighted by atomic mass is 16.6. The standard InChI is InChI=1S/C19H28N2O/c1-15-7-8-19(17(3)11-15)18(13-20-22-4)12-16(2)14-21-9-5-6-10-21/h7-8,11-13,20H,5-6,9-10,14H2,1-4H3/b16-12+,18-13+. The molecule has 22 heavy (non-hydrogen) atoms. The van der Waals surface area contributed by atoms with Gasteiger partial charge in [0.05, 0.1) is 7.11 Å². The quantitative estimate of drug-likeness (QED) is 0.638. The van der Waals surface area contributed by atoms with Crippen LogP contribution in [0.25, 0.3) is 5.57 Å². The molecule has 0 atom stereocenters. The molecule has 1 aromatic rings. The number of aryl methyl sites for hydroxylation is 2. The van der Waals surface area contributed by atoms with Gasteiger partial charge in [0.1, 0.15) is 0 Å². The summed E-state index contributed by atoms with van der Waals surface area (Å²) in [7, 11) is 1.64. The Morgan fingerprint density at radius 3 is 2.64 bits per heavy atom. The summed E-state index contributed by atoms with van der Waals surface area (Å²) >= 11 is 0. The number of hydroxylamine groups is 1. The minimum absolute atomic E-state index is 1.05. The van der Waals surface area contributed by atoms with Gasteiger partial charge in [0, 0.05) is 12.7 Å². The molecule has 1 aliphatic rings. The monoisotopic (exact) mass is 300 g/mol. The number of likely N-dealkylation sites (tertiary alicyclic amines) is 1. The van der Waals surface area contributed by atoms with Gasteiger partial charge in [-0.2, -0.15) is 0 Å². The molecule has 0 spiro atoms. The maximum Gasteiger partial charge on any atom is 0.0636 e. The molecular weight excluding hydrogens is 272 g/mol. The molecule has 1 saturated heterocycles. The van der Waals surface area contributed by atoms with Gasteiger partial charge in [-0.05, 0) is 63.4 Å². The Morgan fingerprint density at radius 2 is 2.00 bits per heavy atom. The van der Waals surface area contributed by atoms with Crippen molar-refractivity contribution in [2.24, 2.45) is 0 Å². The van der Waals surface area contributed by atoms with Gasteiger partial charge in [-0.15, -0.1) is 0 Å². The van der Waals surface area contributed by atoms with Crippen LogP contribution in [0.4, 0.5) is 0 Å². The molecule has 0 bridgehead atoms. The van der Waals surface area contributed by atoms with Gasteiger partial charge in [-0.25, -0.2) is 0 Å². The zero-order chi connectivity index (χ0) is 15.9. The number of nitrogens with zero attached hydrogens (tertiary/aromatic N) is 1. The Balaban J connectivity index is 2.21. The molecule has 0 radical (unpaired) electrons. The van der Waals surface area contributed by atoms with E-state index in [1.165, 1.54) is 48.2 Å². The van der Waals surface area contributed by atoms with Crippen LogP contribution in [0.1, 0.15) is 36.5 Å². The fourth-order valence-corrected chi connectivity index (χ4v) is 3.06. The Bertz CT molecular complexity index is 555. The second-order valence-corrected chi connectivity index (χ2v) is 6.21. The summed E-state index contributed by atoms with van der Waals surface area (Å²) < 4.78 is 0. The van der Waals surface area contributed by atoms with E-state index in [1.54, 1.807) is 7.11 Å². The van der Waals surface area contributed by atoms with Crippen molar-refractivity contribution < 1.29 is 4.84 Å². The number of hydrogen-bond acceptors (Lipinski definition) is 3. The second kappa shape index (κ2) is 8.16. The van der Waals surface area contributed by atoms with Crippen molar-refractivity contribution in [3.63, 3.8) is 0 Å². The summed E-state index contributed by atoms with van der Waals surface area (Å²) in [4.78, 5) is 7.53. The van der Waals surface area contributed by atoms with Crippen molar-refractivity contribution in [3.8, 4) is 0 Å². The highest BCUT2D eigenvalue weighted by Gasteiger charge is 2.12. The molecule has 1 aliphatic heterocycles. The highest BCUT2D eigenvalue weighted by molar-refractivity contribution is 5.76. The van der Waals surface area contributed by atoms with Crippen molar-refractivity contribution in [1.82, 2.24) is 10.4 Å². The van der Waals surface area contributed by atoms with Crippen molar-refractivity contribution in [2.75, 3.05) is 26.7 Å². The van der Waals surface area contributed by atoms with E-state index in [2.05, 4.69) is 55.4 Å². The fourth-order valence-electron chi connectivity index (χ4n) is 3.06. The predicted molar refractivity (Wildman–Crippen MR) is 93.5 cm³/mol. The van der Waals surface area contributed by atoms with E-state index in [4.69, 9.17) is 4.84 Å². The minimum Gasteiger partial charge on any atom is -0.299 e. The van der Waals surface area contributed by atoms with Crippen LogP contribution in [0.3, 0.4) is 0 Å². The third kappa shape index (κ3) is 4.72. The van der Waals surface area contributed by atoms with Gasteiger partial charge in [0.25, 0.3) is 0 Å². The zero-order valence-corrected chi connectivity index (χ0v) is 14.3.